The van der Waals surface area contributed by atoms with Crippen LogP contribution in [0.2, 0.25) is 0 Å². The lowest BCUT2D eigenvalue weighted by Gasteiger charge is -2.35. The SMILES string of the molecule is Cc1oc(Cc2c(C)c(C)c(C)c(C)c2C)nc1CN1CCC(C(=O)NCCCN2C[C@H](C)C[C@H](C)C2)CC1. The first-order valence-corrected chi connectivity index (χ1v) is 15.3. The molecule has 2 atom stereocenters. The fraction of sp³-hybridized carbons (Fsp3) is 0.697. The topological polar surface area (TPSA) is 61.6 Å². The van der Waals surface area contributed by atoms with Crippen molar-refractivity contribution in [1.29, 1.82) is 0 Å². The zero-order valence-corrected chi connectivity index (χ0v) is 25.9. The number of piperidine rings is 2. The van der Waals surface area contributed by atoms with Crippen LogP contribution in [0.5, 0.6) is 0 Å². The van der Waals surface area contributed by atoms with Gasteiger partial charge in [-0.1, -0.05) is 13.8 Å². The highest BCUT2D eigenvalue weighted by molar-refractivity contribution is 5.78. The number of aromatic nitrogens is 1. The summed E-state index contributed by atoms with van der Waals surface area (Å²) in [6, 6.07) is 0. The predicted molar refractivity (Wildman–Crippen MR) is 159 cm³/mol. The number of rotatable bonds is 9. The van der Waals surface area contributed by atoms with E-state index in [9.17, 15) is 4.79 Å². The number of benzene rings is 1. The molecule has 39 heavy (non-hydrogen) atoms. The summed E-state index contributed by atoms with van der Waals surface area (Å²) < 4.78 is 6.14. The third-order valence-corrected chi connectivity index (χ3v) is 9.65. The highest BCUT2D eigenvalue weighted by atomic mass is 16.4. The number of aryl methyl sites for hydroxylation is 1. The van der Waals surface area contributed by atoms with E-state index in [2.05, 4.69) is 63.6 Å². The minimum absolute atomic E-state index is 0.129. The van der Waals surface area contributed by atoms with Gasteiger partial charge in [-0.3, -0.25) is 9.69 Å². The molecule has 1 amide bonds. The quantitative estimate of drug-likeness (QED) is 0.410. The summed E-state index contributed by atoms with van der Waals surface area (Å²) in [7, 11) is 0. The molecule has 216 valence electrons. The third-order valence-electron chi connectivity index (χ3n) is 9.65. The van der Waals surface area contributed by atoms with E-state index in [-0.39, 0.29) is 11.8 Å². The average Bonchev–Trinajstić information content (AvgIpc) is 3.24. The van der Waals surface area contributed by atoms with Crippen molar-refractivity contribution in [2.45, 2.75) is 94.0 Å². The molecule has 4 rings (SSSR count). The van der Waals surface area contributed by atoms with Gasteiger partial charge in [0.05, 0.1) is 5.69 Å². The van der Waals surface area contributed by atoms with Crippen LogP contribution in [0.15, 0.2) is 4.42 Å². The molecule has 6 nitrogen and oxygen atoms in total. The number of hydrogen-bond acceptors (Lipinski definition) is 5. The average molecular weight is 537 g/mol. The maximum atomic E-state index is 12.8. The third kappa shape index (κ3) is 7.32. The van der Waals surface area contributed by atoms with Gasteiger partial charge in [-0.05, 0) is 132 Å². The summed E-state index contributed by atoms with van der Waals surface area (Å²) in [6.07, 6.45) is 4.95. The smallest absolute Gasteiger partial charge is 0.223 e. The summed E-state index contributed by atoms with van der Waals surface area (Å²) in [5.74, 6) is 3.67. The lowest BCUT2D eigenvalue weighted by atomic mass is 9.88. The van der Waals surface area contributed by atoms with Crippen molar-refractivity contribution in [3.05, 3.63) is 50.7 Å². The number of likely N-dealkylation sites (tertiary alicyclic amines) is 2. The normalized spacial score (nSPS) is 21.4. The van der Waals surface area contributed by atoms with Crippen molar-refractivity contribution >= 4 is 5.91 Å². The summed E-state index contributed by atoms with van der Waals surface area (Å²) in [4.78, 5) is 22.7. The van der Waals surface area contributed by atoms with Crippen LogP contribution in [0.25, 0.3) is 0 Å². The fourth-order valence-electron chi connectivity index (χ4n) is 6.90. The fourth-order valence-corrected chi connectivity index (χ4v) is 6.90. The first kappa shape index (κ1) is 29.8. The van der Waals surface area contributed by atoms with Crippen molar-refractivity contribution < 1.29 is 9.21 Å². The molecule has 1 aromatic heterocycles. The Kier molecular flexibility index (Phi) is 9.92. The Bertz CT molecular complexity index is 1110. The maximum absolute atomic E-state index is 12.8. The molecule has 2 aliphatic rings. The van der Waals surface area contributed by atoms with Gasteiger partial charge in [0, 0.05) is 38.5 Å². The molecule has 0 radical (unpaired) electrons. The molecule has 2 saturated heterocycles. The zero-order chi connectivity index (χ0) is 28.3. The van der Waals surface area contributed by atoms with Gasteiger partial charge in [0.15, 0.2) is 5.89 Å². The van der Waals surface area contributed by atoms with E-state index < -0.39 is 0 Å². The number of nitrogens with one attached hydrogen (secondary N) is 1. The van der Waals surface area contributed by atoms with Gasteiger partial charge < -0.3 is 14.6 Å². The van der Waals surface area contributed by atoms with E-state index in [0.717, 1.165) is 87.6 Å². The number of carbonyl (C=O) groups is 1. The van der Waals surface area contributed by atoms with Crippen LogP contribution in [0.4, 0.5) is 0 Å². The Labute approximate surface area is 236 Å². The number of amides is 1. The summed E-state index contributed by atoms with van der Waals surface area (Å²) in [5, 5.41) is 3.22. The van der Waals surface area contributed by atoms with E-state index >= 15 is 0 Å². The Hall–Kier alpha value is -2.18. The molecule has 6 heteroatoms. The van der Waals surface area contributed by atoms with Gasteiger partial charge in [0.25, 0.3) is 0 Å². The number of nitrogens with zero attached hydrogens (tertiary/aromatic N) is 3. The van der Waals surface area contributed by atoms with Crippen molar-refractivity contribution in [1.82, 2.24) is 20.1 Å². The van der Waals surface area contributed by atoms with E-state index in [0.29, 0.717) is 0 Å². The molecular formula is C33H52N4O2. The number of hydrogen-bond donors (Lipinski definition) is 1. The summed E-state index contributed by atoms with van der Waals surface area (Å²) >= 11 is 0. The van der Waals surface area contributed by atoms with Crippen molar-refractivity contribution in [2.24, 2.45) is 17.8 Å². The second kappa shape index (κ2) is 13.0. The summed E-state index contributed by atoms with van der Waals surface area (Å²) in [6.45, 7) is 24.8. The Morgan fingerprint density at radius 1 is 0.897 bits per heavy atom. The second-order valence-corrected chi connectivity index (χ2v) is 12.8. The molecule has 0 unspecified atom stereocenters. The van der Waals surface area contributed by atoms with Crippen molar-refractivity contribution in [3.8, 4) is 0 Å². The van der Waals surface area contributed by atoms with Gasteiger partial charge in [-0.25, -0.2) is 4.98 Å². The van der Waals surface area contributed by atoms with Crippen LogP contribution in [-0.4, -0.2) is 60.0 Å². The van der Waals surface area contributed by atoms with Gasteiger partial charge in [0.1, 0.15) is 5.76 Å². The minimum atomic E-state index is 0.129. The van der Waals surface area contributed by atoms with Crippen LogP contribution >= 0.6 is 0 Å². The predicted octanol–water partition coefficient (Wildman–Crippen LogP) is 5.81. The van der Waals surface area contributed by atoms with E-state index in [1.54, 1.807) is 0 Å². The number of carbonyl (C=O) groups excluding carboxylic acids is 1. The first-order valence-electron chi connectivity index (χ1n) is 15.3. The molecular weight excluding hydrogens is 484 g/mol. The van der Waals surface area contributed by atoms with Crippen LogP contribution < -0.4 is 5.32 Å². The molecule has 3 heterocycles. The Morgan fingerprint density at radius 3 is 2.10 bits per heavy atom. The lowest BCUT2D eigenvalue weighted by Crippen LogP contribution is -2.42. The first-order chi connectivity index (χ1) is 18.5. The molecule has 0 saturated carbocycles. The Balaban J connectivity index is 1.22. The highest BCUT2D eigenvalue weighted by Gasteiger charge is 2.26. The largest absolute Gasteiger partial charge is 0.445 e. The van der Waals surface area contributed by atoms with Crippen molar-refractivity contribution in [3.63, 3.8) is 0 Å². The number of oxazole rings is 1. The van der Waals surface area contributed by atoms with E-state index in [1.807, 2.05) is 6.92 Å². The van der Waals surface area contributed by atoms with Crippen LogP contribution in [-0.2, 0) is 17.8 Å². The van der Waals surface area contributed by atoms with Gasteiger partial charge in [-0.15, -0.1) is 0 Å². The molecule has 2 aromatic rings. The molecule has 2 aliphatic heterocycles. The standard InChI is InChI=1S/C33H52N4O2/c1-21-16-22(2)19-37(18-21)13-9-12-34-33(38)29-10-14-36(15-11-29)20-31-28(8)39-32(35-31)17-30-26(6)24(4)23(3)25(5)27(30)7/h21-22,29H,9-20H2,1-8H3,(H,34,38)/t21-,22+. The molecule has 0 aliphatic carbocycles. The zero-order valence-electron chi connectivity index (χ0n) is 25.9. The Morgan fingerprint density at radius 2 is 1.49 bits per heavy atom. The summed E-state index contributed by atoms with van der Waals surface area (Å²) in [5.41, 5.74) is 9.20. The second-order valence-electron chi connectivity index (χ2n) is 12.8. The molecule has 2 fully saturated rings. The van der Waals surface area contributed by atoms with Crippen molar-refractivity contribution in [2.75, 3.05) is 39.3 Å². The van der Waals surface area contributed by atoms with Gasteiger partial charge in [0.2, 0.25) is 5.91 Å². The minimum Gasteiger partial charge on any atom is -0.445 e. The van der Waals surface area contributed by atoms with Gasteiger partial charge >= 0.3 is 0 Å². The molecule has 0 spiro atoms. The van der Waals surface area contributed by atoms with Crippen LogP contribution in [0.1, 0.15) is 90.3 Å². The maximum Gasteiger partial charge on any atom is 0.223 e. The van der Waals surface area contributed by atoms with Crippen LogP contribution in [0, 0.1) is 59.3 Å². The molecule has 1 aromatic carbocycles. The monoisotopic (exact) mass is 536 g/mol. The van der Waals surface area contributed by atoms with E-state index in [1.165, 1.54) is 52.9 Å². The van der Waals surface area contributed by atoms with Gasteiger partial charge in [-0.2, -0.15) is 0 Å². The van der Waals surface area contributed by atoms with Crippen LogP contribution in [0.3, 0.4) is 0 Å². The highest BCUT2D eigenvalue weighted by Crippen LogP contribution is 2.29. The molecule has 1 N–H and O–H groups in total. The lowest BCUT2D eigenvalue weighted by molar-refractivity contribution is -0.126. The van der Waals surface area contributed by atoms with E-state index in [4.69, 9.17) is 9.40 Å². The molecule has 0 bridgehead atoms.